The summed E-state index contributed by atoms with van der Waals surface area (Å²) in [5, 5.41) is 6.32. The molecule has 0 aliphatic carbocycles. The van der Waals surface area contributed by atoms with Crippen LogP contribution in [0.3, 0.4) is 0 Å². The first-order chi connectivity index (χ1) is 10.8. The van der Waals surface area contributed by atoms with Crippen molar-refractivity contribution in [2.45, 2.75) is 58.7 Å². The van der Waals surface area contributed by atoms with E-state index in [0.29, 0.717) is 6.54 Å². The predicted octanol–water partition coefficient (Wildman–Crippen LogP) is 3.48. The Bertz CT molecular complexity index is 466. The molecule has 0 aliphatic rings. The fraction of sp³-hybridized carbons (Fsp3) is 0.611. The maximum absolute atomic E-state index is 11.7. The van der Waals surface area contributed by atoms with Gasteiger partial charge in [-0.25, -0.2) is 4.79 Å². The van der Waals surface area contributed by atoms with Gasteiger partial charge in [-0.05, 0) is 44.9 Å². The van der Waals surface area contributed by atoms with E-state index < -0.39 is 5.60 Å². The van der Waals surface area contributed by atoms with Crippen molar-refractivity contribution in [3.05, 3.63) is 29.8 Å². The largest absolute Gasteiger partial charge is 0.497 e. The topological polar surface area (TPSA) is 59.6 Å². The average molecular weight is 322 g/mol. The number of hydrogen-bond acceptors (Lipinski definition) is 4. The number of carbonyl (C=O) groups is 1. The van der Waals surface area contributed by atoms with Crippen LogP contribution in [-0.2, 0) is 11.3 Å². The first kappa shape index (κ1) is 19.3. The van der Waals surface area contributed by atoms with Crippen molar-refractivity contribution >= 4 is 6.09 Å². The Balaban J connectivity index is 2.43. The number of hydrogen-bond donors (Lipinski definition) is 2. The van der Waals surface area contributed by atoms with Crippen molar-refractivity contribution < 1.29 is 14.3 Å². The average Bonchev–Trinajstić information content (AvgIpc) is 2.49. The summed E-state index contributed by atoms with van der Waals surface area (Å²) in [5.74, 6) is 0.852. The highest BCUT2D eigenvalue weighted by Gasteiger charge is 2.17. The van der Waals surface area contributed by atoms with Crippen molar-refractivity contribution in [2.24, 2.45) is 0 Å². The van der Waals surface area contributed by atoms with E-state index in [2.05, 4.69) is 17.6 Å². The van der Waals surface area contributed by atoms with Crippen molar-refractivity contribution in [2.75, 3.05) is 13.7 Å². The molecule has 1 atom stereocenters. The SMILES string of the molecule is CCCC(CNC(=O)OC(C)(C)C)NCc1ccc(OC)cc1. The molecule has 0 bridgehead atoms. The third kappa shape index (κ3) is 8.45. The predicted molar refractivity (Wildman–Crippen MR) is 92.8 cm³/mol. The van der Waals surface area contributed by atoms with Gasteiger partial charge in [-0.2, -0.15) is 0 Å². The Hall–Kier alpha value is -1.75. The third-order valence-corrected chi connectivity index (χ3v) is 3.28. The van der Waals surface area contributed by atoms with E-state index in [-0.39, 0.29) is 12.1 Å². The maximum atomic E-state index is 11.7. The molecule has 0 aromatic heterocycles. The molecule has 0 fully saturated rings. The van der Waals surface area contributed by atoms with E-state index in [1.807, 2.05) is 45.0 Å². The zero-order valence-electron chi connectivity index (χ0n) is 14.9. The summed E-state index contributed by atoms with van der Waals surface area (Å²) in [5.41, 5.74) is 0.713. The summed E-state index contributed by atoms with van der Waals surface area (Å²) in [6.45, 7) is 9.02. The van der Waals surface area contributed by atoms with E-state index >= 15 is 0 Å². The Morgan fingerprint density at radius 2 is 1.87 bits per heavy atom. The number of methoxy groups -OCH3 is 1. The van der Waals surface area contributed by atoms with Crippen LogP contribution < -0.4 is 15.4 Å². The summed E-state index contributed by atoms with van der Waals surface area (Å²) in [6.07, 6.45) is 1.67. The van der Waals surface area contributed by atoms with Crippen LogP contribution in [0.1, 0.15) is 46.1 Å². The molecule has 1 aromatic carbocycles. The lowest BCUT2D eigenvalue weighted by Gasteiger charge is -2.22. The van der Waals surface area contributed by atoms with Gasteiger partial charge >= 0.3 is 6.09 Å². The van der Waals surface area contributed by atoms with E-state index in [1.54, 1.807) is 7.11 Å². The molecule has 0 saturated heterocycles. The number of carbonyl (C=O) groups excluding carboxylic acids is 1. The molecular formula is C18H30N2O3. The van der Waals surface area contributed by atoms with Crippen LogP contribution in [0.25, 0.3) is 0 Å². The quantitative estimate of drug-likeness (QED) is 0.769. The molecule has 0 spiro atoms. The number of amides is 1. The standard InChI is InChI=1S/C18H30N2O3/c1-6-7-15(13-20-17(21)23-18(2,3)4)19-12-14-8-10-16(22-5)11-9-14/h8-11,15,19H,6-7,12-13H2,1-5H3,(H,20,21). The molecule has 23 heavy (non-hydrogen) atoms. The first-order valence-electron chi connectivity index (χ1n) is 8.17. The van der Waals surface area contributed by atoms with Crippen LogP contribution in [0, 0.1) is 0 Å². The highest BCUT2D eigenvalue weighted by Crippen LogP contribution is 2.11. The highest BCUT2D eigenvalue weighted by molar-refractivity contribution is 5.67. The molecule has 0 radical (unpaired) electrons. The maximum Gasteiger partial charge on any atom is 0.407 e. The van der Waals surface area contributed by atoms with Gasteiger partial charge in [0.1, 0.15) is 11.4 Å². The van der Waals surface area contributed by atoms with Crippen molar-refractivity contribution in [3.63, 3.8) is 0 Å². The summed E-state index contributed by atoms with van der Waals surface area (Å²) in [7, 11) is 1.66. The van der Waals surface area contributed by atoms with Crippen molar-refractivity contribution in [1.29, 1.82) is 0 Å². The van der Waals surface area contributed by atoms with Gasteiger partial charge in [0.05, 0.1) is 7.11 Å². The van der Waals surface area contributed by atoms with E-state index in [1.165, 1.54) is 5.56 Å². The summed E-state index contributed by atoms with van der Waals surface area (Å²) in [4.78, 5) is 11.7. The number of benzene rings is 1. The summed E-state index contributed by atoms with van der Waals surface area (Å²) >= 11 is 0. The molecule has 1 unspecified atom stereocenters. The van der Waals surface area contributed by atoms with E-state index in [9.17, 15) is 4.79 Å². The second kappa shape index (κ2) is 9.40. The number of rotatable bonds is 8. The fourth-order valence-corrected chi connectivity index (χ4v) is 2.15. The minimum atomic E-state index is -0.471. The number of nitrogens with one attached hydrogen (secondary N) is 2. The van der Waals surface area contributed by atoms with Crippen LogP contribution in [-0.4, -0.2) is 31.4 Å². The minimum absolute atomic E-state index is 0.217. The van der Waals surface area contributed by atoms with Crippen molar-refractivity contribution in [3.8, 4) is 5.75 Å². The Labute approximate surface area is 139 Å². The molecule has 5 nitrogen and oxygen atoms in total. The molecule has 1 amide bonds. The van der Waals surface area contributed by atoms with Gasteiger partial charge in [-0.15, -0.1) is 0 Å². The van der Waals surface area contributed by atoms with Crippen LogP contribution >= 0.6 is 0 Å². The van der Waals surface area contributed by atoms with Gasteiger partial charge in [0.25, 0.3) is 0 Å². The smallest absolute Gasteiger partial charge is 0.407 e. The lowest BCUT2D eigenvalue weighted by atomic mass is 10.1. The lowest BCUT2D eigenvalue weighted by molar-refractivity contribution is 0.0521. The molecule has 130 valence electrons. The second-order valence-corrected chi connectivity index (χ2v) is 6.60. The van der Waals surface area contributed by atoms with Gasteiger partial charge in [-0.3, -0.25) is 0 Å². The molecule has 5 heteroatoms. The van der Waals surface area contributed by atoms with Gasteiger partial charge in [0.15, 0.2) is 0 Å². The Kier molecular flexibility index (Phi) is 7.89. The molecule has 0 heterocycles. The van der Waals surface area contributed by atoms with E-state index in [4.69, 9.17) is 9.47 Å². The molecule has 1 rings (SSSR count). The van der Waals surface area contributed by atoms with Crippen LogP contribution in [0.15, 0.2) is 24.3 Å². The minimum Gasteiger partial charge on any atom is -0.497 e. The normalized spacial score (nSPS) is 12.6. The highest BCUT2D eigenvalue weighted by atomic mass is 16.6. The Morgan fingerprint density at radius 3 is 2.39 bits per heavy atom. The zero-order valence-corrected chi connectivity index (χ0v) is 14.9. The van der Waals surface area contributed by atoms with Crippen LogP contribution in [0.2, 0.25) is 0 Å². The van der Waals surface area contributed by atoms with Crippen LogP contribution in [0.4, 0.5) is 4.79 Å². The van der Waals surface area contributed by atoms with Gasteiger partial charge in [-0.1, -0.05) is 25.5 Å². The van der Waals surface area contributed by atoms with Gasteiger partial charge in [0, 0.05) is 19.1 Å². The second-order valence-electron chi connectivity index (χ2n) is 6.60. The Morgan fingerprint density at radius 1 is 1.22 bits per heavy atom. The van der Waals surface area contributed by atoms with Gasteiger partial charge in [0.2, 0.25) is 0 Å². The monoisotopic (exact) mass is 322 g/mol. The summed E-state index contributed by atoms with van der Waals surface area (Å²) in [6, 6.07) is 8.19. The summed E-state index contributed by atoms with van der Waals surface area (Å²) < 4.78 is 10.4. The molecular weight excluding hydrogens is 292 g/mol. The van der Waals surface area contributed by atoms with Crippen LogP contribution in [0.5, 0.6) is 5.75 Å². The lowest BCUT2D eigenvalue weighted by Crippen LogP contribution is -2.42. The first-order valence-corrected chi connectivity index (χ1v) is 8.17. The number of ether oxygens (including phenoxy) is 2. The molecule has 1 aromatic rings. The molecule has 2 N–H and O–H groups in total. The zero-order chi connectivity index (χ0) is 17.3. The van der Waals surface area contributed by atoms with E-state index in [0.717, 1.165) is 25.1 Å². The fourth-order valence-electron chi connectivity index (χ4n) is 2.15. The third-order valence-electron chi connectivity index (χ3n) is 3.28. The number of alkyl carbamates (subject to hydrolysis) is 1. The van der Waals surface area contributed by atoms with Crippen molar-refractivity contribution in [1.82, 2.24) is 10.6 Å². The molecule has 0 aliphatic heterocycles. The van der Waals surface area contributed by atoms with Gasteiger partial charge < -0.3 is 20.1 Å². The molecule has 0 saturated carbocycles.